The predicted octanol–water partition coefficient (Wildman–Crippen LogP) is 1.98. The molecule has 2 heterocycles. The first-order valence-corrected chi connectivity index (χ1v) is 10.0. The standard InChI is InChI=1S/C19H18N2O4S/c1-13-6-7-15-16(12-13)19(23)20(18(15)22)10-11-26(24,25)21-9-8-14-4-2-3-5-17(14)21/h2-7,12H,8-11H2,1H3. The molecule has 0 aliphatic carbocycles. The van der Waals surface area contributed by atoms with E-state index in [1.54, 1.807) is 30.3 Å². The van der Waals surface area contributed by atoms with Gasteiger partial charge in [-0.15, -0.1) is 0 Å². The number of rotatable bonds is 4. The molecular formula is C19H18N2O4S. The summed E-state index contributed by atoms with van der Waals surface area (Å²) in [4.78, 5) is 26.0. The van der Waals surface area contributed by atoms with Gasteiger partial charge < -0.3 is 0 Å². The maximum absolute atomic E-state index is 12.8. The van der Waals surface area contributed by atoms with Gasteiger partial charge in [0.05, 0.1) is 22.6 Å². The van der Waals surface area contributed by atoms with Crippen LogP contribution in [0.1, 0.15) is 31.8 Å². The average Bonchev–Trinajstić information content (AvgIpc) is 3.14. The van der Waals surface area contributed by atoms with Crippen molar-refractivity contribution in [3.05, 3.63) is 64.7 Å². The second-order valence-electron chi connectivity index (χ2n) is 6.58. The first kappa shape index (κ1) is 16.8. The highest BCUT2D eigenvalue weighted by molar-refractivity contribution is 7.92. The fourth-order valence-corrected chi connectivity index (χ4v) is 5.00. The minimum Gasteiger partial charge on any atom is -0.273 e. The molecule has 26 heavy (non-hydrogen) atoms. The number of nitrogens with zero attached hydrogens (tertiary/aromatic N) is 2. The lowest BCUT2D eigenvalue weighted by Crippen LogP contribution is -2.39. The largest absolute Gasteiger partial charge is 0.273 e. The molecule has 0 bridgehead atoms. The van der Waals surface area contributed by atoms with Crippen LogP contribution in [0.15, 0.2) is 42.5 Å². The molecule has 0 saturated carbocycles. The molecule has 6 nitrogen and oxygen atoms in total. The number of para-hydroxylation sites is 1. The smallest absolute Gasteiger partial charge is 0.261 e. The summed E-state index contributed by atoms with van der Waals surface area (Å²) in [5, 5.41) is 0. The number of hydrogen-bond acceptors (Lipinski definition) is 4. The average molecular weight is 370 g/mol. The van der Waals surface area contributed by atoms with E-state index in [0.717, 1.165) is 16.0 Å². The Morgan fingerprint density at radius 3 is 2.54 bits per heavy atom. The zero-order chi connectivity index (χ0) is 18.5. The van der Waals surface area contributed by atoms with Crippen molar-refractivity contribution in [1.29, 1.82) is 0 Å². The third-order valence-electron chi connectivity index (χ3n) is 4.88. The predicted molar refractivity (Wildman–Crippen MR) is 97.8 cm³/mol. The van der Waals surface area contributed by atoms with E-state index in [1.807, 2.05) is 19.1 Å². The molecule has 2 aromatic carbocycles. The number of hydrogen-bond donors (Lipinski definition) is 0. The Morgan fingerprint density at radius 1 is 1.00 bits per heavy atom. The molecule has 0 unspecified atom stereocenters. The van der Waals surface area contributed by atoms with Crippen molar-refractivity contribution >= 4 is 27.5 Å². The van der Waals surface area contributed by atoms with E-state index >= 15 is 0 Å². The normalized spacial score (nSPS) is 16.2. The Morgan fingerprint density at radius 2 is 1.73 bits per heavy atom. The summed E-state index contributed by atoms with van der Waals surface area (Å²) in [6, 6.07) is 12.4. The van der Waals surface area contributed by atoms with Crippen LogP contribution in [-0.4, -0.2) is 44.0 Å². The number of anilines is 1. The summed E-state index contributed by atoms with van der Waals surface area (Å²) in [7, 11) is -3.62. The fraction of sp³-hybridized carbons (Fsp3) is 0.263. The van der Waals surface area contributed by atoms with Gasteiger partial charge in [0.2, 0.25) is 10.0 Å². The van der Waals surface area contributed by atoms with Crippen LogP contribution < -0.4 is 4.31 Å². The molecular weight excluding hydrogens is 352 g/mol. The molecule has 0 saturated heterocycles. The van der Waals surface area contributed by atoms with Crippen molar-refractivity contribution in [1.82, 2.24) is 4.90 Å². The van der Waals surface area contributed by atoms with Crippen LogP contribution in [0.4, 0.5) is 5.69 Å². The van der Waals surface area contributed by atoms with E-state index in [4.69, 9.17) is 0 Å². The van der Waals surface area contributed by atoms with Gasteiger partial charge in [-0.05, 0) is 37.1 Å². The van der Waals surface area contributed by atoms with Crippen molar-refractivity contribution in [3.8, 4) is 0 Å². The number of carbonyl (C=O) groups excluding carboxylic acids is 2. The molecule has 2 aromatic rings. The molecule has 0 aromatic heterocycles. The van der Waals surface area contributed by atoms with Crippen LogP contribution in [0.3, 0.4) is 0 Å². The highest BCUT2D eigenvalue weighted by atomic mass is 32.2. The van der Waals surface area contributed by atoms with Crippen molar-refractivity contribution in [3.63, 3.8) is 0 Å². The highest BCUT2D eigenvalue weighted by Crippen LogP contribution is 2.30. The lowest BCUT2D eigenvalue weighted by molar-refractivity contribution is 0.0664. The van der Waals surface area contributed by atoms with Crippen LogP contribution in [0, 0.1) is 6.92 Å². The summed E-state index contributed by atoms with van der Waals surface area (Å²) in [6.07, 6.45) is 0.668. The maximum atomic E-state index is 12.8. The number of fused-ring (bicyclic) bond motifs is 2. The minimum absolute atomic E-state index is 0.146. The zero-order valence-electron chi connectivity index (χ0n) is 14.3. The van der Waals surface area contributed by atoms with E-state index in [2.05, 4.69) is 0 Å². The Hall–Kier alpha value is -2.67. The van der Waals surface area contributed by atoms with E-state index in [9.17, 15) is 18.0 Å². The van der Waals surface area contributed by atoms with Gasteiger partial charge in [-0.2, -0.15) is 0 Å². The maximum Gasteiger partial charge on any atom is 0.261 e. The van der Waals surface area contributed by atoms with Crippen LogP contribution in [-0.2, 0) is 16.4 Å². The Kier molecular flexibility index (Phi) is 3.84. The second kappa shape index (κ2) is 5.95. The number of carbonyl (C=O) groups is 2. The van der Waals surface area contributed by atoms with E-state index in [-0.39, 0.29) is 12.3 Å². The Bertz CT molecular complexity index is 1030. The Labute approximate surface area is 152 Å². The number of amides is 2. The molecule has 0 atom stereocenters. The van der Waals surface area contributed by atoms with Crippen LogP contribution in [0.2, 0.25) is 0 Å². The van der Waals surface area contributed by atoms with Crippen molar-refractivity contribution in [2.24, 2.45) is 0 Å². The zero-order valence-corrected chi connectivity index (χ0v) is 15.1. The summed E-state index contributed by atoms with van der Waals surface area (Å²) >= 11 is 0. The van der Waals surface area contributed by atoms with Gasteiger partial charge in [-0.3, -0.25) is 18.8 Å². The molecule has 2 amide bonds. The summed E-state index contributed by atoms with van der Waals surface area (Å²) in [6.45, 7) is 2.09. The van der Waals surface area contributed by atoms with Gasteiger partial charge in [0.1, 0.15) is 0 Å². The van der Waals surface area contributed by atoms with E-state index < -0.39 is 21.8 Å². The molecule has 0 fully saturated rings. The summed E-state index contributed by atoms with van der Waals surface area (Å²) in [5.41, 5.74) is 3.24. The van der Waals surface area contributed by atoms with Gasteiger partial charge in [-0.1, -0.05) is 29.8 Å². The molecule has 7 heteroatoms. The molecule has 134 valence electrons. The lowest BCUT2D eigenvalue weighted by atomic mass is 10.1. The third-order valence-corrected chi connectivity index (χ3v) is 6.63. The van der Waals surface area contributed by atoms with Crippen LogP contribution >= 0.6 is 0 Å². The molecule has 2 aliphatic heterocycles. The van der Waals surface area contributed by atoms with Crippen LogP contribution in [0.5, 0.6) is 0 Å². The number of benzene rings is 2. The quantitative estimate of drug-likeness (QED) is 0.772. The second-order valence-corrected chi connectivity index (χ2v) is 8.59. The Balaban J connectivity index is 1.53. The first-order chi connectivity index (χ1) is 12.4. The topological polar surface area (TPSA) is 74.8 Å². The first-order valence-electron chi connectivity index (χ1n) is 8.44. The highest BCUT2D eigenvalue weighted by Gasteiger charge is 2.37. The third kappa shape index (κ3) is 2.59. The molecule has 2 aliphatic rings. The van der Waals surface area contributed by atoms with E-state index in [0.29, 0.717) is 29.8 Å². The molecule has 0 radical (unpaired) electrons. The summed E-state index contributed by atoms with van der Waals surface area (Å²) < 4.78 is 26.9. The molecule has 4 rings (SSSR count). The molecule has 0 spiro atoms. The van der Waals surface area contributed by atoms with Gasteiger partial charge in [0.15, 0.2) is 0 Å². The summed E-state index contributed by atoms with van der Waals surface area (Å²) in [5.74, 6) is -1.14. The monoisotopic (exact) mass is 370 g/mol. The fourth-order valence-electron chi connectivity index (χ4n) is 3.52. The van der Waals surface area contributed by atoms with Crippen molar-refractivity contribution in [2.75, 3.05) is 23.1 Å². The van der Waals surface area contributed by atoms with Gasteiger partial charge in [-0.25, -0.2) is 8.42 Å². The van der Waals surface area contributed by atoms with Gasteiger partial charge >= 0.3 is 0 Å². The number of aryl methyl sites for hydroxylation is 1. The SMILES string of the molecule is Cc1ccc2c(c1)C(=O)N(CCS(=O)(=O)N1CCc3ccccc31)C2=O. The minimum atomic E-state index is -3.62. The molecule has 0 N–H and O–H groups in total. The van der Waals surface area contributed by atoms with E-state index in [1.165, 1.54) is 4.31 Å². The van der Waals surface area contributed by atoms with Crippen molar-refractivity contribution < 1.29 is 18.0 Å². The van der Waals surface area contributed by atoms with Crippen molar-refractivity contribution in [2.45, 2.75) is 13.3 Å². The van der Waals surface area contributed by atoms with Gasteiger partial charge in [0.25, 0.3) is 11.8 Å². The van der Waals surface area contributed by atoms with Gasteiger partial charge in [0, 0.05) is 13.1 Å². The van der Waals surface area contributed by atoms with Crippen LogP contribution in [0.25, 0.3) is 0 Å². The lowest BCUT2D eigenvalue weighted by Gasteiger charge is -2.21. The number of sulfonamides is 1. The number of imide groups is 1.